The zero-order chi connectivity index (χ0) is 10.7. The molecule has 1 aromatic rings. The van der Waals surface area contributed by atoms with Gasteiger partial charge in [-0.1, -0.05) is 6.07 Å². The second-order valence-corrected chi connectivity index (χ2v) is 3.20. The van der Waals surface area contributed by atoms with E-state index in [1.165, 1.54) is 19.2 Å². The van der Waals surface area contributed by atoms with Crippen LogP contribution < -0.4 is 10.5 Å². The number of rotatable bonds is 3. The van der Waals surface area contributed by atoms with Crippen molar-refractivity contribution in [2.24, 2.45) is 5.73 Å². The molecule has 0 aliphatic rings. The van der Waals surface area contributed by atoms with Gasteiger partial charge in [0.25, 0.3) is 0 Å². The van der Waals surface area contributed by atoms with Crippen LogP contribution in [0.15, 0.2) is 18.2 Å². The van der Waals surface area contributed by atoms with Gasteiger partial charge in [-0.2, -0.15) is 0 Å². The van der Waals surface area contributed by atoms with E-state index in [9.17, 15) is 9.50 Å². The zero-order valence-electron chi connectivity index (χ0n) is 8.20. The smallest absolute Gasteiger partial charge is 0.165 e. The third kappa shape index (κ3) is 2.21. The third-order valence-corrected chi connectivity index (χ3v) is 2.02. The highest BCUT2D eigenvalue weighted by Gasteiger charge is 2.14. The summed E-state index contributed by atoms with van der Waals surface area (Å²) in [5.74, 6) is -0.338. The normalized spacial score (nSPS) is 14.9. The molecule has 3 nitrogen and oxygen atoms in total. The molecule has 0 aliphatic heterocycles. The Morgan fingerprint density at radius 2 is 2.14 bits per heavy atom. The minimum Gasteiger partial charge on any atom is -0.494 e. The van der Waals surface area contributed by atoms with E-state index in [1.807, 2.05) is 0 Å². The molecule has 78 valence electrons. The SMILES string of the molecule is COc1ccc([C@@H](O)[C@H](C)N)cc1F. The number of nitrogens with two attached hydrogens (primary N) is 1. The molecule has 0 aliphatic carbocycles. The molecule has 1 aromatic carbocycles. The van der Waals surface area contributed by atoms with Gasteiger partial charge in [0.2, 0.25) is 0 Å². The van der Waals surface area contributed by atoms with Crippen molar-refractivity contribution in [3.63, 3.8) is 0 Å². The van der Waals surface area contributed by atoms with Gasteiger partial charge in [-0.15, -0.1) is 0 Å². The van der Waals surface area contributed by atoms with Gasteiger partial charge in [-0.3, -0.25) is 0 Å². The van der Waals surface area contributed by atoms with Gasteiger partial charge < -0.3 is 15.6 Å². The average Bonchev–Trinajstić information content (AvgIpc) is 2.16. The Labute approximate surface area is 82.3 Å². The van der Waals surface area contributed by atoms with Crippen molar-refractivity contribution in [3.8, 4) is 5.75 Å². The number of aliphatic hydroxyl groups excluding tert-OH is 1. The Balaban J connectivity index is 2.96. The maximum Gasteiger partial charge on any atom is 0.165 e. The van der Waals surface area contributed by atoms with Crippen LogP contribution in [0.5, 0.6) is 5.75 Å². The highest BCUT2D eigenvalue weighted by atomic mass is 19.1. The van der Waals surface area contributed by atoms with Gasteiger partial charge in [0.1, 0.15) is 0 Å². The Bertz CT molecular complexity index is 315. The lowest BCUT2D eigenvalue weighted by molar-refractivity contribution is 0.153. The van der Waals surface area contributed by atoms with Crippen molar-refractivity contribution < 1.29 is 14.2 Å². The molecule has 0 saturated carbocycles. The molecule has 0 amide bonds. The summed E-state index contributed by atoms with van der Waals surface area (Å²) in [5.41, 5.74) is 5.94. The number of benzene rings is 1. The van der Waals surface area contributed by atoms with Crippen molar-refractivity contribution in [1.29, 1.82) is 0 Å². The molecule has 0 bridgehead atoms. The van der Waals surface area contributed by atoms with E-state index in [-0.39, 0.29) is 5.75 Å². The lowest BCUT2D eigenvalue weighted by Crippen LogP contribution is -2.24. The van der Waals surface area contributed by atoms with Gasteiger partial charge in [0.15, 0.2) is 11.6 Å². The first-order valence-electron chi connectivity index (χ1n) is 4.33. The molecular weight excluding hydrogens is 185 g/mol. The van der Waals surface area contributed by atoms with E-state index >= 15 is 0 Å². The molecular formula is C10H14FNO2. The quantitative estimate of drug-likeness (QED) is 0.769. The monoisotopic (exact) mass is 199 g/mol. The molecule has 0 spiro atoms. The predicted octanol–water partition coefficient (Wildman–Crippen LogP) is 1.21. The largest absolute Gasteiger partial charge is 0.494 e. The fraction of sp³-hybridized carbons (Fsp3) is 0.400. The number of hydrogen-bond acceptors (Lipinski definition) is 3. The molecule has 1 rings (SSSR count). The summed E-state index contributed by atoms with van der Waals surface area (Å²) in [6.45, 7) is 1.66. The zero-order valence-corrected chi connectivity index (χ0v) is 8.20. The second kappa shape index (κ2) is 4.39. The van der Waals surface area contributed by atoms with Crippen LogP contribution in [0.25, 0.3) is 0 Å². The summed E-state index contributed by atoms with van der Waals surface area (Å²) in [5, 5.41) is 9.55. The predicted molar refractivity (Wildman–Crippen MR) is 51.6 cm³/mol. The minimum absolute atomic E-state index is 0.158. The van der Waals surface area contributed by atoms with Gasteiger partial charge >= 0.3 is 0 Å². The van der Waals surface area contributed by atoms with E-state index in [1.54, 1.807) is 13.0 Å². The molecule has 2 atom stereocenters. The maximum atomic E-state index is 13.2. The Morgan fingerprint density at radius 1 is 1.50 bits per heavy atom. The van der Waals surface area contributed by atoms with Crippen LogP contribution in [0.2, 0.25) is 0 Å². The van der Waals surface area contributed by atoms with Gasteiger partial charge in [-0.25, -0.2) is 4.39 Å². The molecule has 0 heterocycles. The molecule has 0 unspecified atom stereocenters. The summed E-state index contributed by atoms with van der Waals surface area (Å²) >= 11 is 0. The highest BCUT2D eigenvalue weighted by molar-refractivity contribution is 5.30. The topological polar surface area (TPSA) is 55.5 Å². The summed E-state index contributed by atoms with van der Waals surface area (Å²) in [6.07, 6.45) is -0.851. The fourth-order valence-corrected chi connectivity index (χ4v) is 1.17. The van der Waals surface area contributed by atoms with Crippen molar-refractivity contribution >= 4 is 0 Å². The van der Waals surface area contributed by atoms with Crippen molar-refractivity contribution in [2.75, 3.05) is 7.11 Å². The standard InChI is InChI=1S/C10H14FNO2/c1-6(12)10(13)7-3-4-9(14-2)8(11)5-7/h3-6,10,13H,12H2,1-2H3/t6-,10-/m0/s1. The number of ether oxygens (including phenoxy) is 1. The average molecular weight is 199 g/mol. The van der Waals surface area contributed by atoms with Crippen LogP contribution in [-0.2, 0) is 0 Å². The van der Waals surface area contributed by atoms with E-state index in [4.69, 9.17) is 10.5 Å². The first-order valence-corrected chi connectivity index (χ1v) is 4.33. The van der Waals surface area contributed by atoms with E-state index in [0.717, 1.165) is 0 Å². The summed E-state index contributed by atoms with van der Waals surface area (Å²) in [4.78, 5) is 0. The van der Waals surface area contributed by atoms with Crippen LogP contribution >= 0.6 is 0 Å². The van der Waals surface area contributed by atoms with Crippen LogP contribution in [0, 0.1) is 5.82 Å². The molecule has 3 N–H and O–H groups in total. The van der Waals surface area contributed by atoms with E-state index in [0.29, 0.717) is 5.56 Å². The fourth-order valence-electron chi connectivity index (χ4n) is 1.17. The van der Waals surface area contributed by atoms with Crippen molar-refractivity contribution in [3.05, 3.63) is 29.6 Å². The van der Waals surface area contributed by atoms with Crippen molar-refractivity contribution in [2.45, 2.75) is 19.1 Å². The first-order chi connectivity index (χ1) is 6.56. The van der Waals surface area contributed by atoms with Gasteiger partial charge in [-0.05, 0) is 24.6 Å². The number of halogens is 1. The second-order valence-electron chi connectivity index (χ2n) is 3.20. The first kappa shape index (κ1) is 10.9. The number of methoxy groups -OCH3 is 1. The molecule has 0 aromatic heterocycles. The van der Waals surface area contributed by atoms with Gasteiger partial charge in [0.05, 0.1) is 13.2 Å². The minimum atomic E-state index is -0.851. The molecule has 0 radical (unpaired) electrons. The lowest BCUT2D eigenvalue weighted by atomic mass is 10.0. The van der Waals surface area contributed by atoms with Crippen LogP contribution in [0.4, 0.5) is 4.39 Å². The highest BCUT2D eigenvalue weighted by Crippen LogP contribution is 2.22. The Kier molecular flexibility index (Phi) is 3.43. The summed E-state index contributed by atoms with van der Waals surface area (Å²) in [6, 6.07) is 3.86. The maximum absolute atomic E-state index is 13.2. The third-order valence-electron chi connectivity index (χ3n) is 2.02. The molecule has 0 saturated heterocycles. The molecule has 0 fully saturated rings. The Morgan fingerprint density at radius 3 is 2.57 bits per heavy atom. The van der Waals surface area contributed by atoms with E-state index < -0.39 is 18.0 Å². The van der Waals surface area contributed by atoms with Crippen LogP contribution in [-0.4, -0.2) is 18.3 Å². The molecule has 14 heavy (non-hydrogen) atoms. The van der Waals surface area contributed by atoms with Crippen LogP contribution in [0.3, 0.4) is 0 Å². The lowest BCUT2D eigenvalue weighted by Gasteiger charge is -2.15. The number of aliphatic hydroxyl groups is 1. The van der Waals surface area contributed by atoms with E-state index in [2.05, 4.69) is 0 Å². The van der Waals surface area contributed by atoms with Crippen molar-refractivity contribution in [1.82, 2.24) is 0 Å². The summed E-state index contributed by atoms with van der Waals surface area (Å²) in [7, 11) is 1.39. The van der Waals surface area contributed by atoms with Gasteiger partial charge in [0, 0.05) is 6.04 Å². The summed E-state index contributed by atoms with van der Waals surface area (Å²) < 4.78 is 17.9. The number of hydrogen-bond donors (Lipinski definition) is 2. The Hall–Kier alpha value is -1.13. The van der Waals surface area contributed by atoms with Crippen LogP contribution in [0.1, 0.15) is 18.6 Å². The molecule has 4 heteroatoms.